The molecule has 0 fully saturated rings. The van der Waals surface area contributed by atoms with Gasteiger partial charge in [-0.25, -0.2) is 0 Å². The summed E-state index contributed by atoms with van der Waals surface area (Å²) >= 11 is 1.87. The number of benzene rings is 10. The molecule has 0 N–H and O–H groups in total. The summed E-state index contributed by atoms with van der Waals surface area (Å²) < 4.78 is 11.4. The third-order valence-corrected chi connectivity index (χ3v) is 15.5. The zero-order valence-electron chi connectivity index (χ0n) is 35.0. The zero-order chi connectivity index (χ0) is 42.4. The van der Waals surface area contributed by atoms with Gasteiger partial charge in [-0.2, -0.15) is 0 Å². The number of hydrogen-bond donors (Lipinski definition) is 0. The number of thiophene rings is 1. The molecule has 302 valence electrons. The van der Waals surface area contributed by atoms with Gasteiger partial charge in [-0.05, 0) is 111 Å². The van der Waals surface area contributed by atoms with Crippen molar-refractivity contribution in [2.75, 3.05) is 4.90 Å². The highest BCUT2D eigenvalue weighted by Gasteiger charge is 2.51. The van der Waals surface area contributed by atoms with E-state index in [-0.39, 0.29) is 0 Å². The van der Waals surface area contributed by atoms with Crippen molar-refractivity contribution in [3.8, 4) is 27.9 Å². The number of furan rings is 1. The van der Waals surface area contributed by atoms with Crippen LogP contribution >= 0.6 is 11.3 Å². The van der Waals surface area contributed by atoms with Crippen LogP contribution in [-0.2, 0) is 5.41 Å². The quantitative estimate of drug-likeness (QED) is 0.177. The van der Waals surface area contributed by atoms with E-state index < -0.39 is 5.41 Å². The lowest BCUT2D eigenvalue weighted by Crippen LogP contribution is -2.36. The maximum absolute atomic E-state index is 6.39. The van der Waals surface area contributed by atoms with Crippen LogP contribution < -0.4 is 4.90 Å². The van der Waals surface area contributed by atoms with Crippen LogP contribution in [0.3, 0.4) is 0 Å². The second-order valence-electron chi connectivity index (χ2n) is 17.6. The number of fused-ring (bicyclic) bond motifs is 18. The predicted octanol–water partition coefficient (Wildman–Crippen LogP) is 16.9. The van der Waals surface area contributed by atoms with Gasteiger partial charge in [0.25, 0.3) is 0 Å². The minimum absolute atomic E-state index is 0.506. The van der Waals surface area contributed by atoms with Gasteiger partial charge in [-0.1, -0.05) is 146 Å². The van der Waals surface area contributed by atoms with Crippen molar-refractivity contribution >= 4 is 92.3 Å². The first kappa shape index (κ1) is 35.3. The Kier molecular flexibility index (Phi) is 7.03. The Labute approximate surface area is 378 Å². The first-order chi connectivity index (χ1) is 32.2. The topological polar surface area (TPSA) is 21.3 Å². The summed E-state index contributed by atoms with van der Waals surface area (Å²) in [6, 6.07) is 81.0. The molecule has 0 bridgehead atoms. The van der Waals surface area contributed by atoms with Gasteiger partial charge in [0.15, 0.2) is 0 Å². The smallest absolute Gasteiger partial charge is 0.137 e. The SMILES string of the molecule is c1ccc2c(c1)-c1ccccc1C21c2ccccc2N(c2ccc3c(c2)sc2ccccc23)c2cc(-c3ccc4c(c3)c3ccccc3n4-c3ccc4c(c3)oc3ccccc34)ccc21. The van der Waals surface area contributed by atoms with Crippen molar-refractivity contribution in [3.63, 3.8) is 0 Å². The normalized spacial score (nSPS) is 13.6. The molecule has 1 aliphatic carbocycles. The van der Waals surface area contributed by atoms with Gasteiger partial charge in [-0.15, -0.1) is 11.3 Å². The Hall–Kier alpha value is -8.18. The van der Waals surface area contributed by atoms with E-state index in [1.165, 1.54) is 92.3 Å². The summed E-state index contributed by atoms with van der Waals surface area (Å²) in [5, 5.41) is 7.32. The second kappa shape index (κ2) is 12.9. The fourth-order valence-electron chi connectivity index (χ4n) is 11.7. The first-order valence-corrected chi connectivity index (χ1v) is 23.1. The molecule has 3 nitrogen and oxygen atoms in total. The molecule has 1 spiro atoms. The molecule has 65 heavy (non-hydrogen) atoms. The molecule has 0 radical (unpaired) electrons. The summed E-state index contributed by atoms with van der Waals surface area (Å²) in [5.74, 6) is 0. The van der Waals surface area contributed by atoms with Crippen LogP contribution in [0.4, 0.5) is 17.1 Å². The summed E-state index contributed by atoms with van der Waals surface area (Å²) in [7, 11) is 0. The van der Waals surface area contributed by atoms with Gasteiger partial charge < -0.3 is 13.9 Å². The molecular weight excluding hydrogens is 809 g/mol. The monoisotopic (exact) mass is 844 g/mol. The fourth-order valence-corrected chi connectivity index (χ4v) is 12.8. The molecule has 10 aromatic carbocycles. The maximum Gasteiger partial charge on any atom is 0.137 e. The van der Waals surface area contributed by atoms with Gasteiger partial charge in [0.1, 0.15) is 11.2 Å². The van der Waals surface area contributed by atoms with Crippen LogP contribution in [0.1, 0.15) is 22.3 Å². The van der Waals surface area contributed by atoms with E-state index in [4.69, 9.17) is 4.42 Å². The molecule has 0 amide bonds. The lowest BCUT2D eigenvalue weighted by molar-refractivity contribution is 0.668. The maximum atomic E-state index is 6.39. The van der Waals surface area contributed by atoms with Gasteiger partial charge in [0.05, 0.1) is 27.8 Å². The molecule has 15 rings (SSSR count). The average molecular weight is 845 g/mol. The fraction of sp³-hybridized carbons (Fsp3) is 0.0164. The van der Waals surface area contributed by atoms with Crippen molar-refractivity contribution in [2.24, 2.45) is 0 Å². The number of nitrogens with zero attached hydrogens (tertiary/aromatic N) is 2. The number of rotatable bonds is 3. The first-order valence-electron chi connectivity index (χ1n) is 22.3. The molecule has 4 heterocycles. The number of aromatic nitrogens is 1. The molecule has 13 aromatic rings. The molecule has 4 heteroatoms. The third-order valence-electron chi connectivity index (χ3n) is 14.4. The summed E-state index contributed by atoms with van der Waals surface area (Å²) in [5.41, 5.74) is 18.4. The summed E-state index contributed by atoms with van der Waals surface area (Å²) in [6.45, 7) is 0. The summed E-state index contributed by atoms with van der Waals surface area (Å²) in [6.07, 6.45) is 0. The van der Waals surface area contributed by atoms with E-state index in [1.807, 2.05) is 23.5 Å². The van der Waals surface area contributed by atoms with Crippen molar-refractivity contribution in [1.82, 2.24) is 4.57 Å². The van der Waals surface area contributed by atoms with Crippen LogP contribution in [0.2, 0.25) is 0 Å². The molecule has 0 saturated heterocycles. The highest BCUT2D eigenvalue weighted by Crippen LogP contribution is 2.64. The van der Waals surface area contributed by atoms with E-state index in [0.717, 1.165) is 38.8 Å². The highest BCUT2D eigenvalue weighted by atomic mass is 32.1. The molecule has 1 aliphatic heterocycles. The molecule has 0 atom stereocenters. The van der Waals surface area contributed by atoms with Crippen LogP contribution in [0.25, 0.3) is 91.9 Å². The number of anilines is 3. The standard InChI is InChI=1S/C61H36N2OS/c1-6-18-49-41(13-1)42-14-2-7-19-50(42)61(49)51-20-8-10-22-55(51)63(40-28-30-47-46-17-5-12-24-59(46)65-60(47)36-40)56-34-38(25-31-52(56)61)37-26-32-54-48(33-37)43-15-3-9-21-53(43)62(54)39-27-29-45-44-16-4-11-23-57(44)64-58(45)35-39/h1-36H. The Bertz CT molecular complexity index is 4120. The van der Waals surface area contributed by atoms with E-state index in [2.05, 4.69) is 216 Å². The largest absolute Gasteiger partial charge is 0.456 e. The van der Waals surface area contributed by atoms with Crippen LogP contribution in [0, 0.1) is 0 Å². The Morgan fingerprint density at radius 3 is 1.82 bits per heavy atom. The van der Waals surface area contributed by atoms with Crippen LogP contribution in [-0.4, -0.2) is 4.57 Å². The second-order valence-corrected chi connectivity index (χ2v) is 18.7. The van der Waals surface area contributed by atoms with Gasteiger partial charge >= 0.3 is 0 Å². The van der Waals surface area contributed by atoms with Crippen LogP contribution in [0.5, 0.6) is 0 Å². The molecule has 2 aliphatic rings. The van der Waals surface area contributed by atoms with Crippen molar-refractivity contribution in [1.29, 1.82) is 0 Å². The number of hydrogen-bond acceptors (Lipinski definition) is 3. The highest BCUT2D eigenvalue weighted by molar-refractivity contribution is 7.25. The van der Waals surface area contributed by atoms with Gasteiger partial charge in [0.2, 0.25) is 0 Å². The lowest BCUT2D eigenvalue weighted by atomic mass is 9.64. The van der Waals surface area contributed by atoms with Crippen molar-refractivity contribution in [3.05, 3.63) is 241 Å². The zero-order valence-corrected chi connectivity index (χ0v) is 35.8. The van der Waals surface area contributed by atoms with Crippen molar-refractivity contribution < 1.29 is 4.42 Å². The van der Waals surface area contributed by atoms with E-state index in [9.17, 15) is 0 Å². The molecular formula is C61H36N2OS. The predicted molar refractivity (Wildman–Crippen MR) is 272 cm³/mol. The van der Waals surface area contributed by atoms with E-state index in [1.54, 1.807) is 0 Å². The third kappa shape index (κ3) is 4.68. The van der Waals surface area contributed by atoms with Gasteiger partial charge in [0, 0.05) is 59.2 Å². The molecule has 0 saturated carbocycles. The van der Waals surface area contributed by atoms with Gasteiger partial charge in [-0.3, -0.25) is 0 Å². The molecule has 3 aromatic heterocycles. The van der Waals surface area contributed by atoms with Crippen LogP contribution in [0.15, 0.2) is 223 Å². The Morgan fingerprint density at radius 2 is 0.954 bits per heavy atom. The summed E-state index contributed by atoms with van der Waals surface area (Å²) in [4.78, 5) is 2.53. The van der Waals surface area contributed by atoms with E-state index >= 15 is 0 Å². The average Bonchev–Trinajstić information content (AvgIpc) is 4.10. The lowest BCUT2D eigenvalue weighted by Gasteiger charge is -2.45. The minimum atomic E-state index is -0.506. The molecule has 0 unspecified atom stereocenters. The van der Waals surface area contributed by atoms with Crippen molar-refractivity contribution in [2.45, 2.75) is 5.41 Å². The number of para-hydroxylation sites is 3. The Balaban J connectivity index is 0.969. The minimum Gasteiger partial charge on any atom is -0.456 e. The van der Waals surface area contributed by atoms with E-state index in [0.29, 0.717) is 0 Å². The Morgan fingerprint density at radius 1 is 0.354 bits per heavy atom.